The first-order chi connectivity index (χ1) is 11.7. The molecule has 0 N–H and O–H groups in total. The van der Waals surface area contributed by atoms with E-state index < -0.39 is 0 Å². The maximum Gasteiger partial charge on any atom is 2.00 e. The molecule has 25 heavy (non-hydrogen) atoms. The number of unbranched alkanes of at least 4 members (excludes halogenated alkanes) is 2. The second-order valence-electron chi connectivity index (χ2n) is 6.96. The average molecular weight is 418 g/mol. The van der Waals surface area contributed by atoms with Gasteiger partial charge in [-0.3, -0.25) is 0 Å². The molecule has 2 aromatic rings. The molecule has 0 saturated carbocycles. The number of aryl methyl sites for hydroxylation is 4. The molecule has 0 fully saturated rings. The SMILES string of the molecule is CCCCc1cc[c-](CCC)c1.CCCCc1cc[c-](CCC)c1.[Zr+2]. The molecule has 0 aromatic heterocycles. The maximum atomic E-state index is 2.36. The first-order valence-electron chi connectivity index (χ1n) is 10.2. The summed E-state index contributed by atoms with van der Waals surface area (Å²) >= 11 is 0. The Hall–Kier alpha value is -0.417. The Balaban J connectivity index is 0.000000443. The summed E-state index contributed by atoms with van der Waals surface area (Å²) in [6, 6.07) is 13.8. The fraction of sp³-hybridized carbons (Fsp3) is 0.583. The molecular formula is C24H38Zr. The van der Waals surface area contributed by atoms with Crippen LogP contribution in [0.5, 0.6) is 0 Å². The van der Waals surface area contributed by atoms with Crippen LogP contribution in [0, 0.1) is 0 Å². The second-order valence-corrected chi connectivity index (χ2v) is 6.96. The van der Waals surface area contributed by atoms with E-state index in [0.717, 1.165) is 0 Å². The zero-order valence-electron chi connectivity index (χ0n) is 17.0. The molecule has 0 amide bonds. The van der Waals surface area contributed by atoms with Crippen LogP contribution in [0.3, 0.4) is 0 Å². The maximum absolute atomic E-state index is 2.36. The Morgan fingerprint density at radius 3 is 1.36 bits per heavy atom. The van der Waals surface area contributed by atoms with Gasteiger partial charge in [0, 0.05) is 0 Å². The van der Waals surface area contributed by atoms with Gasteiger partial charge < -0.3 is 0 Å². The summed E-state index contributed by atoms with van der Waals surface area (Å²) in [6.07, 6.45) is 12.8. The zero-order chi connectivity index (χ0) is 17.6. The van der Waals surface area contributed by atoms with E-state index in [9.17, 15) is 0 Å². The van der Waals surface area contributed by atoms with Gasteiger partial charge in [0.25, 0.3) is 0 Å². The topological polar surface area (TPSA) is 0 Å². The average Bonchev–Trinajstić information content (AvgIpc) is 3.22. The molecule has 0 saturated heterocycles. The van der Waals surface area contributed by atoms with E-state index in [2.05, 4.69) is 64.1 Å². The number of hydrogen-bond donors (Lipinski definition) is 0. The Kier molecular flexibility index (Phi) is 15.5. The first-order valence-corrected chi connectivity index (χ1v) is 10.2. The summed E-state index contributed by atoms with van der Waals surface area (Å²) in [5, 5.41) is 0. The Morgan fingerprint density at radius 2 is 1.04 bits per heavy atom. The predicted octanol–water partition coefficient (Wildman–Crippen LogP) is 7.40. The molecule has 0 heterocycles. The summed E-state index contributed by atoms with van der Waals surface area (Å²) < 4.78 is 0. The van der Waals surface area contributed by atoms with Crippen molar-refractivity contribution in [2.45, 2.75) is 91.9 Å². The minimum absolute atomic E-state index is 0. The molecule has 2 rings (SSSR count). The van der Waals surface area contributed by atoms with Crippen LogP contribution in [0.15, 0.2) is 36.4 Å². The molecular weight excluding hydrogens is 379 g/mol. The minimum Gasteiger partial charge on any atom is -0.210 e. The van der Waals surface area contributed by atoms with Crippen molar-refractivity contribution in [1.29, 1.82) is 0 Å². The molecule has 0 aliphatic heterocycles. The van der Waals surface area contributed by atoms with Gasteiger partial charge in [-0.05, 0) is 0 Å². The Bertz CT molecular complexity index is 469. The monoisotopic (exact) mass is 416 g/mol. The molecule has 0 aliphatic rings. The van der Waals surface area contributed by atoms with Crippen molar-refractivity contribution in [1.82, 2.24) is 0 Å². The van der Waals surface area contributed by atoms with Gasteiger partial charge in [-0.25, -0.2) is 12.1 Å². The second kappa shape index (κ2) is 15.8. The van der Waals surface area contributed by atoms with Crippen molar-refractivity contribution in [3.05, 3.63) is 58.7 Å². The van der Waals surface area contributed by atoms with Crippen molar-refractivity contribution in [2.75, 3.05) is 0 Å². The van der Waals surface area contributed by atoms with Gasteiger partial charge in [0.1, 0.15) is 0 Å². The van der Waals surface area contributed by atoms with E-state index in [1.54, 1.807) is 0 Å². The molecule has 2 aromatic carbocycles. The van der Waals surface area contributed by atoms with Gasteiger partial charge in [0.05, 0.1) is 0 Å². The third kappa shape index (κ3) is 11.0. The van der Waals surface area contributed by atoms with Gasteiger partial charge in [-0.15, -0.1) is 0 Å². The summed E-state index contributed by atoms with van der Waals surface area (Å²) in [4.78, 5) is 0. The minimum atomic E-state index is 0. The standard InChI is InChI=1S/2C12H19.Zr/c2*1-3-5-7-12-9-8-11(10-12)6-4-2;/h2*8-10H,3-7H2,1-2H3;/q2*-1;+2. The van der Waals surface area contributed by atoms with Crippen LogP contribution in [0.4, 0.5) is 0 Å². The van der Waals surface area contributed by atoms with Crippen molar-refractivity contribution in [3.63, 3.8) is 0 Å². The largest absolute Gasteiger partial charge is 2.00 e. The third-order valence-corrected chi connectivity index (χ3v) is 4.48. The van der Waals surface area contributed by atoms with Crippen molar-refractivity contribution >= 4 is 0 Å². The van der Waals surface area contributed by atoms with E-state index >= 15 is 0 Å². The van der Waals surface area contributed by atoms with Crippen LogP contribution >= 0.6 is 0 Å². The van der Waals surface area contributed by atoms with Crippen LogP contribution in [0.25, 0.3) is 0 Å². The molecule has 0 bridgehead atoms. The molecule has 0 radical (unpaired) electrons. The predicted molar refractivity (Wildman–Crippen MR) is 109 cm³/mol. The van der Waals surface area contributed by atoms with Gasteiger partial charge in [-0.1, -0.05) is 91.9 Å². The van der Waals surface area contributed by atoms with Crippen LogP contribution < -0.4 is 0 Å². The fourth-order valence-corrected chi connectivity index (χ4v) is 3.06. The summed E-state index contributed by atoms with van der Waals surface area (Å²) in [7, 11) is 0. The van der Waals surface area contributed by atoms with Crippen molar-refractivity contribution < 1.29 is 26.2 Å². The molecule has 0 aliphatic carbocycles. The van der Waals surface area contributed by atoms with E-state index in [0.29, 0.717) is 0 Å². The van der Waals surface area contributed by atoms with Crippen LogP contribution in [-0.2, 0) is 51.9 Å². The van der Waals surface area contributed by atoms with Crippen LogP contribution in [-0.4, -0.2) is 0 Å². The molecule has 0 atom stereocenters. The summed E-state index contributed by atoms with van der Waals surface area (Å²) in [5.41, 5.74) is 6.09. The number of rotatable bonds is 10. The molecule has 0 unspecified atom stereocenters. The van der Waals surface area contributed by atoms with Gasteiger partial charge >= 0.3 is 26.2 Å². The smallest absolute Gasteiger partial charge is 0.210 e. The molecule has 138 valence electrons. The van der Waals surface area contributed by atoms with Gasteiger partial charge in [-0.2, -0.15) is 46.5 Å². The van der Waals surface area contributed by atoms with E-state index in [1.807, 2.05) is 0 Å². The van der Waals surface area contributed by atoms with Crippen molar-refractivity contribution in [2.24, 2.45) is 0 Å². The molecule has 0 nitrogen and oxygen atoms in total. The molecule has 1 heteroatoms. The summed E-state index contributed by atoms with van der Waals surface area (Å²) in [6.45, 7) is 8.96. The van der Waals surface area contributed by atoms with Gasteiger partial charge in [0.15, 0.2) is 0 Å². The van der Waals surface area contributed by atoms with Crippen molar-refractivity contribution in [3.8, 4) is 0 Å². The Labute approximate surface area is 176 Å². The Morgan fingerprint density at radius 1 is 0.640 bits per heavy atom. The normalized spacial score (nSPS) is 10.1. The molecule has 0 spiro atoms. The van der Waals surface area contributed by atoms with Gasteiger partial charge in [0.2, 0.25) is 0 Å². The van der Waals surface area contributed by atoms with E-state index in [-0.39, 0.29) is 26.2 Å². The zero-order valence-corrected chi connectivity index (χ0v) is 19.5. The van der Waals surface area contributed by atoms with E-state index in [4.69, 9.17) is 0 Å². The summed E-state index contributed by atoms with van der Waals surface area (Å²) in [5.74, 6) is 0. The van der Waals surface area contributed by atoms with Crippen LogP contribution in [0.1, 0.15) is 88.5 Å². The third-order valence-electron chi connectivity index (χ3n) is 4.48. The first kappa shape index (κ1) is 24.6. The number of hydrogen-bond acceptors (Lipinski definition) is 0. The van der Waals surface area contributed by atoms with E-state index in [1.165, 1.54) is 86.5 Å². The quantitative estimate of drug-likeness (QED) is 0.353. The fourth-order valence-electron chi connectivity index (χ4n) is 3.06. The van der Waals surface area contributed by atoms with Crippen LogP contribution in [0.2, 0.25) is 0 Å².